The Morgan fingerprint density at radius 3 is 2.74 bits per heavy atom. The molecule has 4 nitrogen and oxygen atoms in total. The first-order chi connectivity index (χ1) is 9.06. The van der Waals surface area contributed by atoms with Gasteiger partial charge in [0.05, 0.1) is 13.2 Å². The summed E-state index contributed by atoms with van der Waals surface area (Å²) in [5.41, 5.74) is 3.21. The van der Waals surface area contributed by atoms with Crippen molar-refractivity contribution in [3.05, 3.63) is 29.3 Å². The second-order valence-electron chi connectivity index (χ2n) is 4.91. The summed E-state index contributed by atoms with van der Waals surface area (Å²) in [6.45, 7) is 7.85. The number of benzene rings is 1. The Morgan fingerprint density at radius 2 is 2.11 bits per heavy atom. The molecule has 0 aromatic heterocycles. The van der Waals surface area contributed by atoms with Crippen molar-refractivity contribution in [2.75, 3.05) is 32.1 Å². The summed E-state index contributed by atoms with van der Waals surface area (Å²) < 4.78 is 4.92. The molecular weight excluding hydrogens is 240 g/mol. The topological polar surface area (TPSA) is 50.4 Å². The maximum Gasteiger partial charge on any atom is 0.238 e. The van der Waals surface area contributed by atoms with Gasteiger partial charge >= 0.3 is 0 Å². The minimum atomic E-state index is -0.0210. The molecule has 1 amide bonds. The average molecular weight is 264 g/mol. The normalized spacial score (nSPS) is 10.8. The van der Waals surface area contributed by atoms with E-state index in [-0.39, 0.29) is 5.91 Å². The van der Waals surface area contributed by atoms with E-state index in [0.717, 1.165) is 11.3 Å². The molecule has 0 aliphatic rings. The van der Waals surface area contributed by atoms with Gasteiger partial charge in [-0.25, -0.2) is 0 Å². The lowest BCUT2D eigenvalue weighted by molar-refractivity contribution is -0.115. The zero-order valence-electron chi connectivity index (χ0n) is 12.2. The first-order valence-corrected chi connectivity index (χ1v) is 6.65. The summed E-state index contributed by atoms with van der Waals surface area (Å²) in [6.07, 6.45) is 0. The first-order valence-electron chi connectivity index (χ1n) is 6.65. The molecule has 0 atom stereocenters. The molecule has 0 aliphatic heterocycles. The third kappa shape index (κ3) is 5.01. The van der Waals surface area contributed by atoms with Crippen molar-refractivity contribution in [3.8, 4) is 0 Å². The molecule has 0 fully saturated rings. The van der Waals surface area contributed by atoms with Gasteiger partial charge in [0.15, 0.2) is 0 Å². The zero-order valence-corrected chi connectivity index (χ0v) is 12.2. The van der Waals surface area contributed by atoms with Crippen LogP contribution in [0.15, 0.2) is 18.2 Å². The lowest BCUT2D eigenvalue weighted by Gasteiger charge is -2.16. The van der Waals surface area contributed by atoms with Gasteiger partial charge in [0.1, 0.15) is 0 Å². The van der Waals surface area contributed by atoms with Gasteiger partial charge in [0.25, 0.3) is 0 Å². The summed E-state index contributed by atoms with van der Waals surface area (Å²) in [6, 6.07) is 6.10. The van der Waals surface area contributed by atoms with Gasteiger partial charge in [0.2, 0.25) is 5.91 Å². The van der Waals surface area contributed by atoms with Crippen LogP contribution in [-0.2, 0) is 9.53 Å². The fourth-order valence-electron chi connectivity index (χ4n) is 1.90. The summed E-state index contributed by atoms with van der Waals surface area (Å²) in [4.78, 5) is 11.9. The standard InChI is InChI=1S/C15H24N2O2/c1-11(2)13-7-5-6-12(3)15(13)17-14(18)10-16-8-9-19-4/h5-7,11,16H,8-10H2,1-4H3,(H,17,18). The summed E-state index contributed by atoms with van der Waals surface area (Å²) >= 11 is 0. The quantitative estimate of drug-likeness (QED) is 0.743. The lowest BCUT2D eigenvalue weighted by Crippen LogP contribution is -2.30. The maximum atomic E-state index is 11.9. The number of nitrogens with one attached hydrogen (secondary N) is 2. The van der Waals surface area contributed by atoms with E-state index >= 15 is 0 Å². The number of carbonyl (C=O) groups excluding carboxylic acids is 1. The van der Waals surface area contributed by atoms with Crippen molar-refractivity contribution in [2.45, 2.75) is 26.7 Å². The molecule has 19 heavy (non-hydrogen) atoms. The highest BCUT2D eigenvalue weighted by atomic mass is 16.5. The fraction of sp³-hybridized carbons (Fsp3) is 0.533. The number of hydrogen-bond donors (Lipinski definition) is 2. The monoisotopic (exact) mass is 264 g/mol. The number of carbonyl (C=O) groups is 1. The minimum absolute atomic E-state index is 0.0210. The zero-order chi connectivity index (χ0) is 14.3. The average Bonchev–Trinajstić information content (AvgIpc) is 2.37. The second kappa shape index (κ2) is 7.92. The van der Waals surface area contributed by atoms with Gasteiger partial charge in [-0.05, 0) is 24.0 Å². The van der Waals surface area contributed by atoms with Gasteiger partial charge in [-0.2, -0.15) is 0 Å². The van der Waals surface area contributed by atoms with E-state index < -0.39 is 0 Å². The Kier molecular flexibility index (Phi) is 6.53. The van der Waals surface area contributed by atoms with Crippen LogP contribution in [-0.4, -0.2) is 32.7 Å². The summed E-state index contributed by atoms with van der Waals surface area (Å²) in [5.74, 6) is 0.365. The molecule has 1 rings (SSSR count). The van der Waals surface area contributed by atoms with Gasteiger partial charge in [-0.3, -0.25) is 4.79 Å². The number of ether oxygens (including phenoxy) is 1. The molecule has 0 heterocycles. The highest BCUT2D eigenvalue weighted by Crippen LogP contribution is 2.27. The van der Waals surface area contributed by atoms with Crippen LogP contribution in [0.1, 0.15) is 30.9 Å². The molecule has 0 spiro atoms. The van der Waals surface area contributed by atoms with E-state index in [0.29, 0.717) is 25.6 Å². The number of anilines is 1. The van der Waals surface area contributed by atoms with E-state index in [4.69, 9.17) is 4.74 Å². The molecule has 106 valence electrons. The van der Waals surface area contributed by atoms with Crippen LogP contribution < -0.4 is 10.6 Å². The van der Waals surface area contributed by atoms with Crippen LogP contribution in [0.2, 0.25) is 0 Å². The summed E-state index contributed by atoms with van der Waals surface area (Å²) in [5, 5.41) is 6.03. The molecule has 0 unspecified atom stereocenters. The van der Waals surface area contributed by atoms with Crippen LogP contribution >= 0.6 is 0 Å². The number of hydrogen-bond acceptors (Lipinski definition) is 3. The van der Waals surface area contributed by atoms with Crippen LogP contribution in [0, 0.1) is 6.92 Å². The SMILES string of the molecule is COCCNCC(=O)Nc1c(C)cccc1C(C)C. The van der Waals surface area contributed by atoms with E-state index in [9.17, 15) is 4.79 Å². The van der Waals surface area contributed by atoms with Crippen molar-refractivity contribution in [3.63, 3.8) is 0 Å². The van der Waals surface area contributed by atoms with Gasteiger partial charge in [-0.1, -0.05) is 32.0 Å². The van der Waals surface area contributed by atoms with Crippen LogP contribution in [0.5, 0.6) is 0 Å². The Bertz CT molecular complexity index is 417. The molecule has 0 aliphatic carbocycles. The third-order valence-corrected chi connectivity index (χ3v) is 2.96. The predicted octanol–water partition coefficient (Wildman–Crippen LogP) is 2.29. The first kappa shape index (κ1) is 15.7. The molecule has 1 aromatic carbocycles. The molecular formula is C15H24N2O2. The lowest BCUT2D eigenvalue weighted by atomic mass is 9.98. The number of para-hydroxylation sites is 1. The second-order valence-corrected chi connectivity index (χ2v) is 4.91. The van der Waals surface area contributed by atoms with Crippen molar-refractivity contribution in [1.82, 2.24) is 5.32 Å². The molecule has 0 radical (unpaired) electrons. The van der Waals surface area contributed by atoms with Crippen molar-refractivity contribution < 1.29 is 9.53 Å². The number of aryl methyl sites for hydroxylation is 1. The molecule has 0 bridgehead atoms. The number of amides is 1. The van der Waals surface area contributed by atoms with E-state index in [1.54, 1.807) is 7.11 Å². The molecule has 0 saturated carbocycles. The Labute approximate surface area is 115 Å². The smallest absolute Gasteiger partial charge is 0.238 e. The Hall–Kier alpha value is -1.39. The predicted molar refractivity (Wildman–Crippen MR) is 78.6 cm³/mol. The van der Waals surface area contributed by atoms with Gasteiger partial charge < -0.3 is 15.4 Å². The Morgan fingerprint density at radius 1 is 1.37 bits per heavy atom. The molecule has 0 saturated heterocycles. The summed E-state index contributed by atoms with van der Waals surface area (Å²) in [7, 11) is 1.64. The van der Waals surface area contributed by atoms with Crippen LogP contribution in [0.4, 0.5) is 5.69 Å². The minimum Gasteiger partial charge on any atom is -0.383 e. The fourth-order valence-corrected chi connectivity index (χ4v) is 1.90. The van der Waals surface area contributed by atoms with Crippen molar-refractivity contribution in [2.24, 2.45) is 0 Å². The van der Waals surface area contributed by atoms with Crippen molar-refractivity contribution >= 4 is 11.6 Å². The highest BCUT2D eigenvalue weighted by Gasteiger charge is 2.11. The van der Waals surface area contributed by atoms with Crippen molar-refractivity contribution in [1.29, 1.82) is 0 Å². The number of rotatable bonds is 7. The number of methoxy groups -OCH3 is 1. The highest BCUT2D eigenvalue weighted by molar-refractivity contribution is 5.93. The molecule has 1 aromatic rings. The van der Waals surface area contributed by atoms with Crippen LogP contribution in [0.3, 0.4) is 0 Å². The van der Waals surface area contributed by atoms with E-state index in [1.807, 2.05) is 19.1 Å². The molecule has 4 heteroatoms. The molecule has 2 N–H and O–H groups in total. The van der Waals surface area contributed by atoms with E-state index in [2.05, 4.69) is 30.5 Å². The van der Waals surface area contributed by atoms with Crippen LogP contribution in [0.25, 0.3) is 0 Å². The Balaban J connectivity index is 2.63. The largest absolute Gasteiger partial charge is 0.383 e. The third-order valence-electron chi connectivity index (χ3n) is 2.96. The van der Waals surface area contributed by atoms with Gasteiger partial charge in [-0.15, -0.1) is 0 Å². The van der Waals surface area contributed by atoms with E-state index in [1.165, 1.54) is 5.56 Å². The van der Waals surface area contributed by atoms with Gasteiger partial charge in [0, 0.05) is 19.3 Å². The maximum absolute atomic E-state index is 11.9.